The van der Waals surface area contributed by atoms with Gasteiger partial charge in [0, 0.05) is 51.5 Å². The molecule has 0 N–H and O–H groups in total. The first kappa shape index (κ1) is 21.4. The number of anilines is 1. The SMILES string of the molecule is COC1CCC(C(=O)N2CCC[C@H]2c2c(-c3ccnc(N4CCCC4)n3)cnn2C)CC1. The van der Waals surface area contributed by atoms with Crippen LogP contribution in [0.4, 0.5) is 5.95 Å². The van der Waals surface area contributed by atoms with Crippen molar-refractivity contribution in [3.63, 3.8) is 0 Å². The van der Waals surface area contributed by atoms with E-state index in [0.717, 1.165) is 81.1 Å². The molecule has 1 aliphatic carbocycles. The molecule has 0 radical (unpaired) electrons. The van der Waals surface area contributed by atoms with Gasteiger partial charge in [-0.3, -0.25) is 9.48 Å². The molecule has 2 aromatic rings. The van der Waals surface area contributed by atoms with E-state index in [-0.39, 0.29) is 12.0 Å². The van der Waals surface area contributed by atoms with E-state index < -0.39 is 0 Å². The summed E-state index contributed by atoms with van der Waals surface area (Å²) < 4.78 is 7.44. The van der Waals surface area contributed by atoms with Crippen molar-refractivity contribution in [2.24, 2.45) is 13.0 Å². The fraction of sp³-hybridized carbons (Fsp3) is 0.667. The van der Waals surface area contributed by atoms with Crippen molar-refractivity contribution in [1.29, 1.82) is 0 Å². The minimum absolute atomic E-state index is 0.0513. The molecule has 8 heteroatoms. The van der Waals surface area contributed by atoms with Crippen LogP contribution < -0.4 is 4.90 Å². The number of carbonyl (C=O) groups is 1. The maximum Gasteiger partial charge on any atom is 0.226 e. The van der Waals surface area contributed by atoms with Crippen LogP contribution >= 0.6 is 0 Å². The smallest absolute Gasteiger partial charge is 0.226 e. The van der Waals surface area contributed by atoms with Crippen molar-refractivity contribution in [2.75, 3.05) is 31.6 Å². The minimum atomic E-state index is 0.0513. The summed E-state index contributed by atoms with van der Waals surface area (Å²) in [5.74, 6) is 1.21. The Morgan fingerprint density at radius 3 is 2.59 bits per heavy atom. The van der Waals surface area contributed by atoms with Crippen LogP contribution in [0.25, 0.3) is 11.3 Å². The Kier molecular flexibility index (Phi) is 6.13. The van der Waals surface area contributed by atoms with Crippen molar-refractivity contribution in [3.05, 3.63) is 24.2 Å². The third-order valence-corrected chi connectivity index (χ3v) is 7.50. The zero-order valence-corrected chi connectivity index (χ0v) is 19.2. The molecular weight excluding hydrogens is 404 g/mol. The molecule has 0 spiro atoms. The van der Waals surface area contributed by atoms with Crippen LogP contribution in [0.3, 0.4) is 0 Å². The van der Waals surface area contributed by atoms with Crippen molar-refractivity contribution in [2.45, 2.75) is 63.5 Å². The van der Waals surface area contributed by atoms with Gasteiger partial charge in [0.15, 0.2) is 0 Å². The Morgan fingerprint density at radius 2 is 1.84 bits per heavy atom. The van der Waals surface area contributed by atoms with Gasteiger partial charge in [-0.05, 0) is 57.4 Å². The van der Waals surface area contributed by atoms with Crippen LogP contribution in [-0.4, -0.2) is 63.4 Å². The second-order valence-corrected chi connectivity index (χ2v) is 9.40. The third kappa shape index (κ3) is 4.00. The molecule has 8 nitrogen and oxygen atoms in total. The number of hydrogen-bond acceptors (Lipinski definition) is 6. The average molecular weight is 439 g/mol. The summed E-state index contributed by atoms with van der Waals surface area (Å²) in [6, 6.07) is 2.02. The predicted molar refractivity (Wildman–Crippen MR) is 122 cm³/mol. The van der Waals surface area contributed by atoms with E-state index >= 15 is 0 Å². The van der Waals surface area contributed by atoms with Crippen LogP contribution in [0.15, 0.2) is 18.5 Å². The van der Waals surface area contributed by atoms with Crippen molar-refractivity contribution in [1.82, 2.24) is 24.6 Å². The lowest BCUT2D eigenvalue weighted by molar-refractivity contribution is -0.138. The number of methoxy groups -OCH3 is 1. The highest BCUT2D eigenvalue weighted by atomic mass is 16.5. The van der Waals surface area contributed by atoms with E-state index in [1.54, 1.807) is 7.11 Å². The Morgan fingerprint density at radius 1 is 1.06 bits per heavy atom. The number of amides is 1. The summed E-state index contributed by atoms with van der Waals surface area (Å²) in [7, 11) is 3.75. The second kappa shape index (κ2) is 9.17. The van der Waals surface area contributed by atoms with Crippen molar-refractivity contribution < 1.29 is 9.53 Å². The molecular formula is C24H34N6O2. The number of likely N-dealkylation sites (tertiary alicyclic amines) is 1. The lowest BCUT2D eigenvalue weighted by Gasteiger charge is -2.33. The first-order valence-electron chi connectivity index (χ1n) is 12.1. The van der Waals surface area contributed by atoms with Gasteiger partial charge in [-0.15, -0.1) is 0 Å². The number of aryl methyl sites for hydroxylation is 1. The molecule has 0 bridgehead atoms. The molecule has 3 aliphatic rings. The van der Waals surface area contributed by atoms with Crippen LogP contribution in [0.1, 0.15) is 63.1 Å². The van der Waals surface area contributed by atoms with E-state index in [9.17, 15) is 4.79 Å². The maximum absolute atomic E-state index is 13.5. The van der Waals surface area contributed by atoms with Gasteiger partial charge in [-0.25, -0.2) is 9.97 Å². The molecule has 0 unspecified atom stereocenters. The van der Waals surface area contributed by atoms with Gasteiger partial charge in [-0.2, -0.15) is 5.10 Å². The van der Waals surface area contributed by atoms with E-state index in [2.05, 4.69) is 19.9 Å². The molecule has 1 saturated carbocycles. The van der Waals surface area contributed by atoms with Gasteiger partial charge >= 0.3 is 0 Å². The summed E-state index contributed by atoms with van der Waals surface area (Å²) in [6.07, 6.45) is 12.2. The maximum atomic E-state index is 13.5. The number of carbonyl (C=O) groups excluding carboxylic acids is 1. The van der Waals surface area contributed by atoms with Crippen LogP contribution in [0, 0.1) is 5.92 Å². The van der Waals surface area contributed by atoms with Gasteiger partial charge < -0.3 is 14.5 Å². The second-order valence-electron chi connectivity index (χ2n) is 9.40. The summed E-state index contributed by atoms with van der Waals surface area (Å²) >= 11 is 0. The fourth-order valence-corrected chi connectivity index (χ4v) is 5.70. The van der Waals surface area contributed by atoms with E-state index in [0.29, 0.717) is 12.0 Å². The number of aromatic nitrogens is 4. The molecule has 1 amide bonds. The van der Waals surface area contributed by atoms with Crippen LogP contribution in [0.5, 0.6) is 0 Å². The molecule has 2 aliphatic heterocycles. The fourth-order valence-electron chi connectivity index (χ4n) is 5.70. The number of hydrogen-bond donors (Lipinski definition) is 0. The first-order chi connectivity index (χ1) is 15.7. The number of nitrogens with zero attached hydrogens (tertiary/aromatic N) is 6. The monoisotopic (exact) mass is 438 g/mol. The highest BCUT2D eigenvalue weighted by molar-refractivity contribution is 5.80. The molecule has 4 heterocycles. The van der Waals surface area contributed by atoms with E-state index in [1.807, 2.05) is 30.2 Å². The lowest BCUT2D eigenvalue weighted by atomic mass is 9.86. The molecule has 2 saturated heterocycles. The van der Waals surface area contributed by atoms with Gasteiger partial charge in [-0.1, -0.05) is 0 Å². The zero-order chi connectivity index (χ0) is 22.1. The highest BCUT2D eigenvalue weighted by Crippen LogP contribution is 2.39. The summed E-state index contributed by atoms with van der Waals surface area (Å²) in [6.45, 7) is 2.85. The summed E-state index contributed by atoms with van der Waals surface area (Å²) in [5.41, 5.74) is 3.00. The number of rotatable bonds is 5. The van der Waals surface area contributed by atoms with Gasteiger partial charge in [0.25, 0.3) is 0 Å². The average Bonchev–Trinajstić information content (AvgIpc) is 3.59. The standard InChI is InChI=1S/C24H34N6O2/c1-28-22(19(16-26-28)20-11-12-25-24(27-20)29-13-3-4-14-29)21-6-5-15-30(21)23(31)17-7-9-18(32-2)10-8-17/h11-12,16-18,21H,3-10,13-15H2,1-2H3/t17?,18?,21-/m0/s1. The Bertz CT molecular complexity index is 946. The summed E-state index contributed by atoms with van der Waals surface area (Å²) in [5, 5.41) is 4.58. The molecule has 0 aromatic carbocycles. The normalized spacial score (nSPS) is 26.1. The zero-order valence-electron chi connectivity index (χ0n) is 19.2. The quantitative estimate of drug-likeness (QED) is 0.713. The molecule has 32 heavy (non-hydrogen) atoms. The largest absolute Gasteiger partial charge is 0.381 e. The van der Waals surface area contributed by atoms with Crippen LogP contribution in [-0.2, 0) is 16.6 Å². The highest BCUT2D eigenvalue weighted by Gasteiger charge is 2.38. The molecule has 2 aromatic heterocycles. The van der Waals surface area contributed by atoms with Gasteiger partial charge in [0.2, 0.25) is 11.9 Å². The topological polar surface area (TPSA) is 76.4 Å². The van der Waals surface area contributed by atoms with Gasteiger partial charge in [0.1, 0.15) is 0 Å². The predicted octanol–water partition coefficient (Wildman–Crippen LogP) is 3.35. The minimum Gasteiger partial charge on any atom is -0.381 e. The van der Waals surface area contributed by atoms with Crippen molar-refractivity contribution in [3.8, 4) is 11.3 Å². The van der Waals surface area contributed by atoms with Crippen LogP contribution in [0.2, 0.25) is 0 Å². The molecule has 1 atom stereocenters. The Labute approximate surface area is 190 Å². The van der Waals surface area contributed by atoms with Gasteiger partial charge in [0.05, 0.1) is 29.7 Å². The summed E-state index contributed by atoms with van der Waals surface area (Å²) in [4.78, 5) is 27.3. The van der Waals surface area contributed by atoms with E-state index in [1.165, 1.54) is 12.8 Å². The molecule has 3 fully saturated rings. The third-order valence-electron chi connectivity index (χ3n) is 7.50. The molecule has 5 rings (SSSR count). The first-order valence-corrected chi connectivity index (χ1v) is 12.1. The van der Waals surface area contributed by atoms with Crippen molar-refractivity contribution >= 4 is 11.9 Å². The number of ether oxygens (including phenoxy) is 1. The Hall–Kier alpha value is -2.48. The van der Waals surface area contributed by atoms with E-state index in [4.69, 9.17) is 9.72 Å². The Balaban J connectivity index is 1.40. The lowest BCUT2D eigenvalue weighted by Crippen LogP contribution is -2.38. The molecule has 172 valence electrons.